The predicted octanol–water partition coefficient (Wildman–Crippen LogP) is 2.35. The number of thioether (sulfide) groups is 1. The Labute approximate surface area is 174 Å². The molecule has 1 aliphatic heterocycles. The van der Waals surface area contributed by atoms with E-state index in [9.17, 15) is 4.79 Å². The lowest BCUT2D eigenvalue weighted by Gasteiger charge is -2.32. The highest BCUT2D eigenvalue weighted by molar-refractivity contribution is 7.98. The van der Waals surface area contributed by atoms with Crippen LogP contribution in [0.15, 0.2) is 42.9 Å². The van der Waals surface area contributed by atoms with Crippen molar-refractivity contribution in [2.75, 3.05) is 30.0 Å². The van der Waals surface area contributed by atoms with E-state index < -0.39 is 0 Å². The van der Waals surface area contributed by atoms with Crippen LogP contribution in [0.4, 0.5) is 5.95 Å². The molecule has 3 aromatic rings. The van der Waals surface area contributed by atoms with Crippen LogP contribution in [-0.4, -0.2) is 55.6 Å². The summed E-state index contributed by atoms with van der Waals surface area (Å²) < 4.78 is 1.95. The number of piperidine rings is 1. The number of pyridine rings is 1. The molecule has 9 heteroatoms. The second-order valence-corrected chi connectivity index (χ2v) is 8.15. The Kier molecular flexibility index (Phi) is 6.24. The maximum atomic E-state index is 13.1. The van der Waals surface area contributed by atoms with Gasteiger partial charge in [-0.05, 0) is 49.5 Å². The third-order valence-electron chi connectivity index (χ3n) is 5.21. The number of anilines is 1. The van der Waals surface area contributed by atoms with Crippen molar-refractivity contribution < 1.29 is 4.79 Å². The first-order valence-electron chi connectivity index (χ1n) is 9.87. The average Bonchev–Trinajstić information content (AvgIpc) is 3.21. The summed E-state index contributed by atoms with van der Waals surface area (Å²) in [4.78, 5) is 23.9. The maximum absolute atomic E-state index is 13.1. The van der Waals surface area contributed by atoms with E-state index in [2.05, 4.69) is 36.6 Å². The Bertz CT molecular complexity index is 948. The number of hydrogen-bond donors (Lipinski definition) is 1. The number of nitrogens with one attached hydrogen (secondary N) is 1. The van der Waals surface area contributed by atoms with E-state index in [0.717, 1.165) is 43.0 Å². The SMILES string of the molecule is CSCC[C@@H](NC(=O)C1CCCN(c2ncccn2)C1)c1nnc2ccccn12. The average molecular weight is 412 g/mol. The van der Waals surface area contributed by atoms with E-state index in [4.69, 9.17) is 0 Å². The predicted molar refractivity (Wildman–Crippen MR) is 114 cm³/mol. The molecule has 1 saturated heterocycles. The molecule has 1 unspecified atom stereocenters. The second kappa shape index (κ2) is 9.21. The van der Waals surface area contributed by atoms with E-state index in [1.165, 1.54) is 0 Å². The van der Waals surface area contributed by atoms with Crippen molar-refractivity contribution in [2.45, 2.75) is 25.3 Å². The smallest absolute Gasteiger partial charge is 0.225 e. The maximum Gasteiger partial charge on any atom is 0.225 e. The number of aromatic nitrogens is 5. The van der Waals surface area contributed by atoms with Gasteiger partial charge in [-0.25, -0.2) is 9.97 Å². The van der Waals surface area contributed by atoms with Gasteiger partial charge in [0.15, 0.2) is 11.5 Å². The molecular weight excluding hydrogens is 386 g/mol. The van der Waals surface area contributed by atoms with Crippen molar-refractivity contribution in [1.82, 2.24) is 29.9 Å². The minimum atomic E-state index is -0.171. The van der Waals surface area contributed by atoms with Gasteiger partial charge in [0.2, 0.25) is 11.9 Å². The Morgan fingerprint density at radius 2 is 2.14 bits per heavy atom. The van der Waals surface area contributed by atoms with Gasteiger partial charge in [-0.1, -0.05) is 6.07 Å². The summed E-state index contributed by atoms with van der Waals surface area (Å²) in [7, 11) is 0. The molecule has 29 heavy (non-hydrogen) atoms. The van der Waals surface area contributed by atoms with Crippen LogP contribution in [0, 0.1) is 5.92 Å². The number of amides is 1. The zero-order valence-corrected chi connectivity index (χ0v) is 17.3. The molecule has 2 atom stereocenters. The van der Waals surface area contributed by atoms with Crippen LogP contribution in [0.3, 0.4) is 0 Å². The van der Waals surface area contributed by atoms with Crippen LogP contribution in [0.25, 0.3) is 5.65 Å². The molecular formula is C20H25N7OS. The highest BCUT2D eigenvalue weighted by Crippen LogP contribution is 2.23. The van der Waals surface area contributed by atoms with Gasteiger partial charge in [-0.2, -0.15) is 11.8 Å². The second-order valence-electron chi connectivity index (χ2n) is 7.16. The van der Waals surface area contributed by atoms with Crippen LogP contribution < -0.4 is 10.2 Å². The lowest BCUT2D eigenvalue weighted by atomic mass is 9.96. The highest BCUT2D eigenvalue weighted by Gasteiger charge is 2.29. The molecule has 0 aromatic carbocycles. The van der Waals surface area contributed by atoms with E-state index in [0.29, 0.717) is 12.5 Å². The zero-order valence-electron chi connectivity index (χ0n) is 16.4. The zero-order chi connectivity index (χ0) is 20.1. The van der Waals surface area contributed by atoms with Crippen LogP contribution in [0.2, 0.25) is 0 Å². The lowest BCUT2D eigenvalue weighted by molar-refractivity contribution is -0.126. The van der Waals surface area contributed by atoms with Gasteiger partial charge < -0.3 is 10.2 Å². The summed E-state index contributed by atoms with van der Waals surface area (Å²) in [6.07, 6.45) is 10.1. The summed E-state index contributed by atoms with van der Waals surface area (Å²) in [6.45, 7) is 1.50. The first-order chi connectivity index (χ1) is 14.3. The van der Waals surface area contributed by atoms with Crippen LogP contribution in [-0.2, 0) is 4.79 Å². The molecule has 1 aliphatic rings. The molecule has 1 N–H and O–H groups in total. The van der Waals surface area contributed by atoms with Crippen molar-refractivity contribution in [3.8, 4) is 0 Å². The lowest BCUT2D eigenvalue weighted by Crippen LogP contribution is -2.44. The molecule has 3 aromatic heterocycles. The number of carbonyl (C=O) groups is 1. The molecule has 1 amide bonds. The Balaban J connectivity index is 1.49. The van der Waals surface area contributed by atoms with Gasteiger partial charge in [0.1, 0.15) is 0 Å². The molecule has 0 aliphatic carbocycles. The standard InChI is InChI=1S/C20H25N7OS/c1-29-13-8-16(18-25-24-17-7-2-3-12-27(17)18)23-19(28)15-6-4-11-26(14-15)20-21-9-5-10-22-20/h2-3,5,7,9-10,12,15-16H,4,6,8,11,13-14H2,1H3,(H,23,28)/t15?,16-/m1/s1. The molecule has 4 heterocycles. The Hall–Kier alpha value is -2.68. The van der Waals surface area contributed by atoms with Crippen LogP contribution in [0.5, 0.6) is 0 Å². The first-order valence-corrected chi connectivity index (χ1v) is 11.3. The third kappa shape index (κ3) is 4.50. The third-order valence-corrected chi connectivity index (χ3v) is 5.85. The summed E-state index contributed by atoms with van der Waals surface area (Å²) in [5, 5.41) is 11.9. The van der Waals surface area contributed by atoms with Crippen molar-refractivity contribution in [3.63, 3.8) is 0 Å². The minimum Gasteiger partial charge on any atom is -0.346 e. The Morgan fingerprint density at radius 3 is 2.97 bits per heavy atom. The fraction of sp³-hybridized carbons (Fsp3) is 0.450. The number of nitrogens with zero attached hydrogens (tertiary/aromatic N) is 6. The fourth-order valence-corrected chi connectivity index (χ4v) is 4.19. The molecule has 0 bridgehead atoms. The molecule has 8 nitrogen and oxygen atoms in total. The van der Waals surface area contributed by atoms with Crippen molar-refractivity contribution in [1.29, 1.82) is 0 Å². The van der Waals surface area contributed by atoms with Gasteiger partial charge in [0.25, 0.3) is 0 Å². The summed E-state index contributed by atoms with van der Waals surface area (Å²) in [5.74, 6) is 2.36. The molecule has 152 valence electrons. The number of fused-ring (bicyclic) bond motifs is 1. The van der Waals surface area contributed by atoms with Gasteiger partial charge in [-0.3, -0.25) is 9.20 Å². The van der Waals surface area contributed by atoms with E-state index in [-0.39, 0.29) is 17.9 Å². The molecule has 4 rings (SSSR count). The van der Waals surface area contributed by atoms with Crippen LogP contribution >= 0.6 is 11.8 Å². The molecule has 0 saturated carbocycles. The molecule has 1 fully saturated rings. The van der Waals surface area contributed by atoms with Crippen molar-refractivity contribution in [2.24, 2.45) is 5.92 Å². The van der Waals surface area contributed by atoms with E-state index in [1.54, 1.807) is 30.2 Å². The minimum absolute atomic E-state index is 0.0596. The van der Waals surface area contributed by atoms with E-state index >= 15 is 0 Å². The van der Waals surface area contributed by atoms with Gasteiger partial charge in [0, 0.05) is 31.7 Å². The monoisotopic (exact) mass is 411 g/mol. The van der Waals surface area contributed by atoms with Gasteiger partial charge in [-0.15, -0.1) is 10.2 Å². The summed E-state index contributed by atoms with van der Waals surface area (Å²) >= 11 is 1.76. The van der Waals surface area contributed by atoms with Gasteiger partial charge in [0.05, 0.1) is 12.0 Å². The van der Waals surface area contributed by atoms with Crippen molar-refractivity contribution >= 4 is 29.3 Å². The highest BCUT2D eigenvalue weighted by atomic mass is 32.2. The number of carbonyl (C=O) groups excluding carboxylic acids is 1. The number of rotatable bonds is 7. The Morgan fingerprint density at radius 1 is 1.28 bits per heavy atom. The van der Waals surface area contributed by atoms with Gasteiger partial charge >= 0.3 is 0 Å². The normalized spacial score (nSPS) is 18.0. The molecule has 0 radical (unpaired) electrons. The molecule has 0 spiro atoms. The topological polar surface area (TPSA) is 88.3 Å². The summed E-state index contributed by atoms with van der Waals surface area (Å²) in [6, 6.07) is 7.44. The van der Waals surface area contributed by atoms with Crippen LogP contribution in [0.1, 0.15) is 31.1 Å². The first kappa shape index (κ1) is 19.6. The van der Waals surface area contributed by atoms with Crippen molar-refractivity contribution in [3.05, 3.63) is 48.7 Å². The number of hydrogen-bond acceptors (Lipinski definition) is 7. The largest absolute Gasteiger partial charge is 0.346 e. The quantitative estimate of drug-likeness (QED) is 0.638. The fourth-order valence-electron chi connectivity index (χ4n) is 3.72. The van der Waals surface area contributed by atoms with E-state index in [1.807, 2.05) is 28.8 Å². The summed E-state index contributed by atoms with van der Waals surface area (Å²) in [5.41, 5.74) is 0.788.